The van der Waals surface area contributed by atoms with E-state index in [9.17, 15) is 0 Å². The summed E-state index contributed by atoms with van der Waals surface area (Å²) in [5, 5.41) is 7.13. The van der Waals surface area contributed by atoms with E-state index in [0.29, 0.717) is 11.8 Å². The van der Waals surface area contributed by atoms with Crippen molar-refractivity contribution in [1.29, 1.82) is 0 Å². The topological polar surface area (TPSA) is 39.4 Å². The summed E-state index contributed by atoms with van der Waals surface area (Å²) in [7, 11) is 0. The minimum atomic E-state index is -0.0412. The summed E-state index contributed by atoms with van der Waals surface area (Å²) in [6.07, 6.45) is 6.72. The first-order valence-corrected chi connectivity index (χ1v) is 22.2. The smallest absolute Gasteiger partial charge is 0.143 e. The SMILES string of the molecule is c1cc(-c2cc(-c3cccc4c3oc3ccccc34)cc(-c3cccc4c3oc3ccccc34)c2)c2c(c1)C1(c3c-2ccc2oc4ccccc4c32)C2CC3CC(C2)CC1C3. The lowest BCUT2D eigenvalue weighted by Crippen LogP contribution is -2.55. The molecule has 4 fully saturated rings. The van der Waals surface area contributed by atoms with E-state index >= 15 is 0 Å². The van der Waals surface area contributed by atoms with Gasteiger partial charge in [-0.2, -0.15) is 0 Å². The number of hydrogen-bond acceptors (Lipinski definition) is 3. The predicted molar refractivity (Wildman–Crippen MR) is 248 cm³/mol. The van der Waals surface area contributed by atoms with Crippen molar-refractivity contribution < 1.29 is 13.3 Å². The fourth-order valence-corrected chi connectivity index (χ4v) is 13.8. The van der Waals surface area contributed by atoms with Crippen molar-refractivity contribution in [2.75, 3.05) is 0 Å². The minimum absolute atomic E-state index is 0.0412. The molecule has 4 saturated carbocycles. The summed E-state index contributed by atoms with van der Waals surface area (Å²) >= 11 is 0. The summed E-state index contributed by atoms with van der Waals surface area (Å²) in [4.78, 5) is 0. The summed E-state index contributed by atoms with van der Waals surface area (Å²) in [5.74, 6) is 2.95. The molecule has 0 aliphatic heterocycles. The van der Waals surface area contributed by atoms with Crippen LogP contribution in [-0.2, 0) is 5.41 Å². The second-order valence-corrected chi connectivity index (χ2v) is 18.7. The van der Waals surface area contributed by atoms with E-state index in [4.69, 9.17) is 13.3 Å². The molecule has 0 unspecified atom stereocenters. The lowest BCUT2D eigenvalue weighted by molar-refractivity contribution is -0.0393. The maximum Gasteiger partial charge on any atom is 0.143 e. The second-order valence-electron chi connectivity index (χ2n) is 18.7. The molecule has 11 aromatic rings. The Balaban J connectivity index is 1.04. The molecule has 290 valence electrons. The molecule has 16 rings (SSSR count). The van der Waals surface area contributed by atoms with Gasteiger partial charge in [-0.15, -0.1) is 0 Å². The van der Waals surface area contributed by atoms with Crippen LogP contribution in [0.25, 0.3) is 110 Å². The molecule has 0 saturated heterocycles. The summed E-state index contributed by atoms with van der Waals surface area (Å²) in [6.45, 7) is 0. The molecular weight excluding hydrogens is 745 g/mol. The third-order valence-corrected chi connectivity index (χ3v) is 15.8. The van der Waals surface area contributed by atoms with Crippen molar-refractivity contribution in [3.8, 4) is 44.5 Å². The Morgan fingerprint density at radius 2 is 0.869 bits per heavy atom. The van der Waals surface area contributed by atoms with Crippen molar-refractivity contribution in [3.63, 3.8) is 0 Å². The molecule has 1 spiro atoms. The van der Waals surface area contributed by atoms with E-state index < -0.39 is 0 Å². The predicted octanol–water partition coefficient (Wildman–Crippen LogP) is 16.1. The van der Waals surface area contributed by atoms with Gasteiger partial charge in [-0.1, -0.05) is 115 Å². The molecule has 3 nitrogen and oxygen atoms in total. The molecule has 3 aromatic heterocycles. The highest BCUT2D eigenvalue weighted by molar-refractivity contribution is 6.14. The monoisotopic (exact) mass is 784 g/mol. The molecule has 61 heavy (non-hydrogen) atoms. The zero-order valence-electron chi connectivity index (χ0n) is 33.6. The van der Waals surface area contributed by atoms with E-state index in [1.165, 1.54) is 70.7 Å². The largest absolute Gasteiger partial charge is 0.456 e. The zero-order valence-corrected chi connectivity index (χ0v) is 33.6. The van der Waals surface area contributed by atoms with Gasteiger partial charge in [0.25, 0.3) is 0 Å². The minimum Gasteiger partial charge on any atom is -0.456 e. The summed E-state index contributed by atoms with van der Waals surface area (Å²) in [6, 6.07) is 57.9. The Morgan fingerprint density at radius 1 is 0.377 bits per heavy atom. The van der Waals surface area contributed by atoms with Gasteiger partial charge in [-0.25, -0.2) is 0 Å². The van der Waals surface area contributed by atoms with Crippen molar-refractivity contribution >= 4 is 65.8 Å². The first-order chi connectivity index (χ1) is 30.2. The molecule has 0 amide bonds. The summed E-state index contributed by atoms with van der Waals surface area (Å²) < 4.78 is 20.2. The normalized spacial score (nSPS) is 22.5. The van der Waals surface area contributed by atoms with Crippen molar-refractivity contribution in [2.45, 2.75) is 37.5 Å². The van der Waals surface area contributed by atoms with Gasteiger partial charge in [0.1, 0.15) is 33.5 Å². The number of furan rings is 3. The van der Waals surface area contributed by atoms with E-state index in [0.717, 1.165) is 89.1 Å². The fraction of sp³-hybridized carbons (Fsp3) is 0.172. The van der Waals surface area contributed by atoms with E-state index in [2.05, 4.69) is 158 Å². The molecule has 5 aliphatic carbocycles. The van der Waals surface area contributed by atoms with E-state index in [1.807, 2.05) is 0 Å². The van der Waals surface area contributed by atoms with Gasteiger partial charge >= 0.3 is 0 Å². The van der Waals surface area contributed by atoms with Crippen molar-refractivity contribution in [2.24, 2.45) is 23.7 Å². The molecule has 0 radical (unpaired) electrons. The van der Waals surface area contributed by atoms with Crippen LogP contribution in [0.15, 0.2) is 171 Å². The summed E-state index contributed by atoms with van der Waals surface area (Å²) in [5.41, 5.74) is 18.4. The molecular formula is C58H40O3. The number of fused-ring (bicyclic) bond motifs is 13. The first-order valence-electron chi connectivity index (χ1n) is 22.2. The van der Waals surface area contributed by atoms with Crippen LogP contribution in [0.2, 0.25) is 0 Å². The Labute approximate surface area is 352 Å². The van der Waals surface area contributed by atoms with Crippen LogP contribution in [0.4, 0.5) is 0 Å². The zero-order chi connectivity index (χ0) is 39.6. The van der Waals surface area contributed by atoms with Gasteiger partial charge < -0.3 is 13.3 Å². The highest BCUT2D eigenvalue weighted by Gasteiger charge is 2.62. The van der Waals surface area contributed by atoms with Crippen LogP contribution in [0.1, 0.15) is 43.2 Å². The molecule has 3 heteroatoms. The highest BCUT2D eigenvalue weighted by atomic mass is 16.3. The number of para-hydroxylation sites is 5. The number of benzene rings is 8. The quantitative estimate of drug-likeness (QED) is 0.179. The van der Waals surface area contributed by atoms with Crippen LogP contribution in [0.5, 0.6) is 0 Å². The van der Waals surface area contributed by atoms with Crippen LogP contribution >= 0.6 is 0 Å². The second kappa shape index (κ2) is 11.7. The van der Waals surface area contributed by atoms with Crippen LogP contribution in [0, 0.1) is 23.7 Å². The molecule has 5 aliphatic rings. The first kappa shape index (κ1) is 32.9. The van der Waals surface area contributed by atoms with E-state index in [1.54, 1.807) is 5.56 Å². The van der Waals surface area contributed by atoms with Crippen LogP contribution < -0.4 is 0 Å². The maximum atomic E-state index is 6.73. The van der Waals surface area contributed by atoms with Crippen LogP contribution in [-0.4, -0.2) is 0 Å². The average Bonchev–Trinajstić information content (AvgIpc) is 4.06. The Kier molecular flexibility index (Phi) is 6.32. The lowest BCUT2D eigenvalue weighted by atomic mass is 9.43. The third kappa shape index (κ3) is 4.24. The van der Waals surface area contributed by atoms with Gasteiger partial charge in [-0.3, -0.25) is 0 Å². The molecule has 4 bridgehead atoms. The lowest BCUT2D eigenvalue weighted by Gasteiger charge is -2.61. The number of hydrogen-bond donors (Lipinski definition) is 0. The standard InChI is InChI=1S/C58H40O3/c1-4-19-49-42(10-1)44-16-7-14-40(56(44)60-49)35-29-34(30-36(31-35)41-15-8-17-45-43-11-2-5-20-50(43)61-57(41)45)39-13-9-18-48-53(39)47-22-23-52-54(46-12-3-6-21-51(46)59-52)55(47)58(48)37-25-32-24-33(27-37)28-38(58)26-32/h1-23,29-33,37-38H,24-28H2. The molecule has 8 aromatic carbocycles. The Hall–Kier alpha value is -6.84. The number of rotatable bonds is 3. The van der Waals surface area contributed by atoms with Crippen molar-refractivity contribution in [1.82, 2.24) is 0 Å². The molecule has 0 atom stereocenters. The van der Waals surface area contributed by atoms with E-state index in [-0.39, 0.29) is 5.41 Å². The maximum absolute atomic E-state index is 6.73. The van der Waals surface area contributed by atoms with Gasteiger partial charge in [-0.05, 0) is 143 Å². The third-order valence-electron chi connectivity index (χ3n) is 15.8. The van der Waals surface area contributed by atoms with Gasteiger partial charge in [0, 0.05) is 48.9 Å². The van der Waals surface area contributed by atoms with Gasteiger partial charge in [0.05, 0.1) is 0 Å². The Morgan fingerprint density at radius 3 is 1.48 bits per heavy atom. The molecule has 3 heterocycles. The highest BCUT2D eigenvalue weighted by Crippen LogP contribution is 2.71. The molecule has 0 N–H and O–H groups in total. The van der Waals surface area contributed by atoms with Gasteiger partial charge in [0.15, 0.2) is 0 Å². The van der Waals surface area contributed by atoms with Crippen molar-refractivity contribution in [3.05, 3.63) is 169 Å². The fourth-order valence-electron chi connectivity index (χ4n) is 13.8. The van der Waals surface area contributed by atoms with Crippen LogP contribution in [0.3, 0.4) is 0 Å². The Bertz CT molecular complexity index is 3520. The average molecular weight is 785 g/mol. The van der Waals surface area contributed by atoms with Gasteiger partial charge in [0.2, 0.25) is 0 Å².